The number of ether oxygens (including phenoxy) is 16. The van der Waals surface area contributed by atoms with Gasteiger partial charge in [-0.2, -0.15) is 0 Å². The molecular formula is C70H118O38. The van der Waals surface area contributed by atoms with E-state index in [-0.39, 0.29) is 47.2 Å². The van der Waals surface area contributed by atoms with Gasteiger partial charge in [-0.15, -0.1) is 0 Å². The summed E-state index contributed by atoms with van der Waals surface area (Å²) in [6.45, 7) is 4.98. The molecule has 0 radical (unpaired) electrons. The number of aliphatic hydroxyl groups is 22. The van der Waals surface area contributed by atoms with Gasteiger partial charge in [0.25, 0.3) is 0 Å². The Morgan fingerprint density at radius 1 is 0.389 bits per heavy atom. The van der Waals surface area contributed by atoms with Crippen LogP contribution in [-0.2, 0) is 75.8 Å². The van der Waals surface area contributed by atoms with Gasteiger partial charge in [0.2, 0.25) is 0 Å². The molecule has 4 aliphatic carbocycles. The lowest BCUT2D eigenvalue weighted by Gasteiger charge is -2.61. The minimum atomic E-state index is -2.30. The van der Waals surface area contributed by atoms with E-state index in [2.05, 4.69) is 20.8 Å². The van der Waals surface area contributed by atoms with Gasteiger partial charge < -0.3 is 188 Å². The van der Waals surface area contributed by atoms with Crippen molar-refractivity contribution in [3.05, 3.63) is 0 Å². The Balaban J connectivity index is 0.721. The Morgan fingerprint density at radius 3 is 1.39 bits per heavy atom. The van der Waals surface area contributed by atoms with E-state index >= 15 is 0 Å². The minimum absolute atomic E-state index is 0.0326. The van der Waals surface area contributed by atoms with E-state index in [0.717, 1.165) is 38.5 Å². The summed E-state index contributed by atoms with van der Waals surface area (Å²) >= 11 is 0. The number of rotatable bonds is 25. The van der Waals surface area contributed by atoms with Crippen LogP contribution < -0.4 is 0 Å². The highest BCUT2D eigenvalue weighted by Gasteiger charge is 2.70. The molecule has 0 bridgehead atoms. The molecule has 8 heterocycles. The van der Waals surface area contributed by atoms with E-state index < -0.39 is 266 Å². The van der Waals surface area contributed by atoms with Crippen LogP contribution in [0.2, 0.25) is 0 Å². The van der Waals surface area contributed by atoms with E-state index in [9.17, 15) is 112 Å². The predicted octanol–water partition coefficient (Wildman–Crippen LogP) is -8.80. The summed E-state index contributed by atoms with van der Waals surface area (Å²) in [4.78, 5) is 0. The van der Waals surface area contributed by atoms with Crippen LogP contribution in [0, 0.1) is 52.3 Å². The molecule has 0 aromatic rings. The van der Waals surface area contributed by atoms with Crippen LogP contribution in [0.25, 0.3) is 0 Å². The largest absolute Gasteiger partial charge is 0.394 e. The number of hydrogen-bond donors (Lipinski definition) is 22. The standard InChI is InChI=1S/C70H118O38/c1-24(23-94-61-50(87)46(83)41(78)33(17-71)97-61)9-14-70(93-6)25(2)39-32(108-70)16-31-29-8-7-27-15-28(10-12-68(27,4)30(29)11-13-69(31,39)5)96-63-53(90)48(85)57(38(22-76)101-63)104-67-60(107-66-55(92)58(43(80)35(19-73)99-66)105-64-52(89)47(84)42(79)34(18-72)98-64)59(44(81)36(20-74)100-67)106-65-54(91)49(86)56(37(21-75)102-65)103-62-51(88)45(82)40(77)26(3)95-62/h24-67,71-92H,7-23H2,1-6H3. The lowest BCUT2D eigenvalue weighted by Crippen LogP contribution is -2.69. The average molecular weight is 1570 g/mol. The van der Waals surface area contributed by atoms with Gasteiger partial charge >= 0.3 is 0 Å². The Bertz CT molecular complexity index is 2840. The van der Waals surface area contributed by atoms with E-state index in [1.165, 1.54) is 6.92 Å². The third-order valence-corrected chi connectivity index (χ3v) is 26.7. The zero-order chi connectivity index (χ0) is 78.2. The first-order valence-electron chi connectivity index (χ1n) is 38.2. The Morgan fingerprint density at radius 2 is 0.824 bits per heavy atom. The van der Waals surface area contributed by atoms with Crippen LogP contribution in [-0.4, -0.2) is 399 Å². The van der Waals surface area contributed by atoms with Crippen LogP contribution in [0.3, 0.4) is 0 Å². The van der Waals surface area contributed by atoms with Gasteiger partial charge in [0.15, 0.2) is 49.8 Å². The molecule has 47 atom stereocenters. The van der Waals surface area contributed by atoms with E-state index in [4.69, 9.17) is 75.8 Å². The second-order valence-electron chi connectivity index (χ2n) is 32.8. The summed E-state index contributed by atoms with van der Waals surface area (Å²) in [5, 5.41) is 241. The van der Waals surface area contributed by atoms with Crippen LogP contribution in [0.15, 0.2) is 0 Å². The molecule has 0 spiro atoms. The summed E-state index contributed by atoms with van der Waals surface area (Å²) in [5.41, 5.74) is -0.124. The van der Waals surface area contributed by atoms with E-state index in [1.807, 2.05) is 6.92 Å². The van der Waals surface area contributed by atoms with E-state index in [1.54, 1.807) is 7.11 Å². The summed E-state index contributed by atoms with van der Waals surface area (Å²) in [5.74, 6) is 0.759. The smallest absolute Gasteiger partial charge is 0.187 e. The first-order valence-corrected chi connectivity index (χ1v) is 38.2. The van der Waals surface area contributed by atoms with Crippen molar-refractivity contribution in [1.82, 2.24) is 0 Å². The molecule has 8 saturated heterocycles. The molecule has 12 rings (SSSR count). The maximum atomic E-state index is 12.2. The molecule has 47 unspecified atom stereocenters. The van der Waals surface area contributed by atoms with Crippen molar-refractivity contribution in [2.45, 2.75) is 332 Å². The van der Waals surface area contributed by atoms with Crippen molar-refractivity contribution >= 4 is 0 Å². The minimum Gasteiger partial charge on any atom is -0.394 e. The third-order valence-electron chi connectivity index (χ3n) is 26.7. The third kappa shape index (κ3) is 16.0. The predicted molar refractivity (Wildman–Crippen MR) is 353 cm³/mol. The molecule has 12 aliphatic rings. The van der Waals surface area contributed by atoms with Crippen LogP contribution >= 0.6 is 0 Å². The zero-order valence-corrected chi connectivity index (χ0v) is 61.3. The first kappa shape index (κ1) is 85.8. The highest BCUT2D eigenvalue weighted by atomic mass is 16.8. The fourth-order valence-corrected chi connectivity index (χ4v) is 20.4. The zero-order valence-electron chi connectivity index (χ0n) is 61.3. The van der Waals surface area contributed by atoms with Crippen LogP contribution in [0.4, 0.5) is 0 Å². The fraction of sp³-hybridized carbons (Fsp3) is 1.00. The second-order valence-corrected chi connectivity index (χ2v) is 32.8. The number of hydrogen-bond acceptors (Lipinski definition) is 38. The lowest BCUT2D eigenvalue weighted by molar-refractivity contribution is -0.414. The van der Waals surface area contributed by atoms with Crippen molar-refractivity contribution in [2.24, 2.45) is 52.3 Å². The summed E-state index contributed by atoms with van der Waals surface area (Å²) in [6.07, 6.45) is -57.3. The van der Waals surface area contributed by atoms with Gasteiger partial charge in [0, 0.05) is 19.4 Å². The quantitative estimate of drug-likeness (QED) is 0.0378. The molecule has 22 N–H and O–H groups in total. The highest BCUT2D eigenvalue weighted by Crippen LogP contribution is 2.71. The number of fused-ring (bicyclic) bond motifs is 7. The average Bonchev–Trinajstić information content (AvgIpc) is 1.52. The number of methoxy groups -OCH3 is 1. The molecule has 38 nitrogen and oxygen atoms in total. The Kier molecular flexibility index (Phi) is 27.8. The maximum absolute atomic E-state index is 12.2. The summed E-state index contributed by atoms with van der Waals surface area (Å²) in [7, 11) is 1.69. The molecule has 108 heavy (non-hydrogen) atoms. The monoisotopic (exact) mass is 1570 g/mol. The van der Waals surface area contributed by atoms with Gasteiger partial charge in [0.05, 0.1) is 64.6 Å². The molecule has 626 valence electrons. The molecule has 38 heteroatoms. The molecule has 0 aromatic carbocycles. The molecule has 0 aromatic heterocycles. The number of aliphatic hydroxyl groups excluding tert-OH is 22. The summed E-state index contributed by atoms with van der Waals surface area (Å²) in [6, 6.07) is 0. The van der Waals surface area contributed by atoms with Crippen molar-refractivity contribution in [1.29, 1.82) is 0 Å². The van der Waals surface area contributed by atoms with Gasteiger partial charge in [-0.3, -0.25) is 0 Å². The topological polar surface area (TPSA) is 593 Å². The Labute approximate surface area is 623 Å². The molecular weight excluding hydrogens is 1450 g/mol. The van der Waals surface area contributed by atoms with Gasteiger partial charge in [0.1, 0.15) is 165 Å². The van der Waals surface area contributed by atoms with Crippen LogP contribution in [0.1, 0.15) is 98.8 Å². The molecule has 12 fully saturated rings. The fourth-order valence-electron chi connectivity index (χ4n) is 20.4. The normalized spacial score (nSPS) is 55.1. The van der Waals surface area contributed by atoms with Crippen molar-refractivity contribution in [3.8, 4) is 0 Å². The highest BCUT2D eigenvalue weighted by molar-refractivity contribution is 5.16. The first-order chi connectivity index (χ1) is 51.3. The van der Waals surface area contributed by atoms with Crippen molar-refractivity contribution in [3.63, 3.8) is 0 Å². The maximum Gasteiger partial charge on any atom is 0.187 e. The van der Waals surface area contributed by atoms with Gasteiger partial charge in [-0.1, -0.05) is 27.7 Å². The van der Waals surface area contributed by atoms with E-state index in [0.29, 0.717) is 43.4 Å². The van der Waals surface area contributed by atoms with Gasteiger partial charge in [-0.05, 0) is 111 Å². The lowest BCUT2D eigenvalue weighted by atomic mass is 9.44. The molecule has 4 saturated carbocycles. The Hall–Kier alpha value is -1.52. The molecule has 8 aliphatic heterocycles. The summed E-state index contributed by atoms with van der Waals surface area (Å²) < 4.78 is 97.2. The SMILES string of the molecule is COC1(CCC(C)COC2OC(CO)C(O)C(O)C2O)OC2CC3C4CCC5CC(OC6OC(CO)C(OC7OC(CO)C(O)C(OC8OC(CO)C(OC9OC(C)C(O)C(O)C9O)C(O)C8O)C7OC7OC(CO)C(O)C(OC8OC(CO)C(O)C(O)C8O)C7O)C(O)C6O)CCC5(C)C4CCC3(C)C2C1C. The van der Waals surface area contributed by atoms with Gasteiger partial charge in [-0.25, -0.2) is 0 Å². The van der Waals surface area contributed by atoms with Crippen molar-refractivity contribution < 1.29 is 188 Å². The van der Waals surface area contributed by atoms with Crippen LogP contribution in [0.5, 0.6) is 0 Å². The molecule has 0 amide bonds. The second kappa shape index (κ2) is 35.0. The van der Waals surface area contributed by atoms with Crippen molar-refractivity contribution in [2.75, 3.05) is 53.4 Å².